The summed E-state index contributed by atoms with van der Waals surface area (Å²) in [6.07, 6.45) is 4.32. The van der Waals surface area contributed by atoms with Crippen LogP contribution >= 0.6 is 11.3 Å². The number of halogens is 1. The number of carbonyl (C=O) groups is 1. The molecule has 1 aromatic carbocycles. The third-order valence-corrected chi connectivity index (χ3v) is 5.03. The zero-order valence-electron chi connectivity index (χ0n) is 15.3. The molecule has 0 bridgehead atoms. The fourth-order valence-electron chi connectivity index (χ4n) is 2.76. The lowest BCUT2D eigenvalue weighted by Crippen LogP contribution is -2.39. The first-order valence-electron chi connectivity index (χ1n) is 8.76. The van der Waals surface area contributed by atoms with E-state index in [1.54, 1.807) is 29.9 Å². The molecule has 4 rings (SSSR count). The van der Waals surface area contributed by atoms with Gasteiger partial charge in [-0.3, -0.25) is 24.5 Å². The van der Waals surface area contributed by atoms with Gasteiger partial charge in [-0.1, -0.05) is 18.2 Å². The summed E-state index contributed by atoms with van der Waals surface area (Å²) in [6.45, 7) is -0.301. The van der Waals surface area contributed by atoms with E-state index in [0.29, 0.717) is 5.69 Å². The number of rotatable bonds is 5. The van der Waals surface area contributed by atoms with Gasteiger partial charge in [-0.15, -0.1) is 11.3 Å². The van der Waals surface area contributed by atoms with Gasteiger partial charge in [0.15, 0.2) is 5.13 Å². The van der Waals surface area contributed by atoms with Gasteiger partial charge in [-0.2, -0.15) is 0 Å². The van der Waals surface area contributed by atoms with Crippen LogP contribution in [0.1, 0.15) is 15.9 Å². The number of H-pyrrole nitrogens is 1. The van der Waals surface area contributed by atoms with Crippen molar-refractivity contribution in [2.24, 2.45) is 0 Å². The van der Waals surface area contributed by atoms with Crippen molar-refractivity contribution in [1.29, 1.82) is 0 Å². The molecule has 0 unspecified atom stereocenters. The highest BCUT2D eigenvalue weighted by Gasteiger charge is 2.17. The van der Waals surface area contributed by atoms with Gasteiger partial charge < -0.3 is 4.98 Å². The zero-order valence-corrected chi connectivity index (χ0v) is 16.1. The molecule has 0 saturated carbocycles. The topological polar surface area (TPSA) is 110 Å². The van der Waals surface area contributed by atoms with E-state index >= 15 is 0 Å². The third-order valence-electron chi connectivity index (χ3n) is 4.27. The Balaban J connectivity index is 1.59. The molecule has 1 amide bonds. The lowest BCUT2D eigenvalue weighted by atomic mass is 10.2. The van der Waals surface area contributed by atoms with Crippen LogP contribution in [-0.2, 0) is 6.54 Å². The summed E-state index contributed by atoms with van der Waals surface area (Å²) in [6, 6.07) is 9.39. The lowest BCUT2D eigenvalue weighted by Gasteiger charge is -2.08. The number of anilines is 1. The van der Waals surface area contributed by atoms with Gasteiger partial charge in [0.2, 0.25) is 0 Å². The van der Waals surface area contributed by atoms with Gasteiger partial charge in [0.25, 0.3) is 11.5 Å². The smallest absolute Gasteiger partial charge is 0.313 e. The average molecular weight is 423 g/mol. The number of amides is 1. The molecule has 0 aliphatic heterocycles. The highest BCUT2D eigenvalue weighted by atomic mass is 32.1. The first-order chi connectivity index (χ1) is 14.5. The Morgan fingerprint density at radius 3 is 2.80 bits per heavy atom. The number of aromatic nitrogens is 4. The number of pyridine rings is 1. The Kier molecular flexibility index (Phi) is 5.31. The minimum atomic E-state index is -0.830. The predicted molar refractivity (Wildman–Crippen MR) is 110 cm³/mol. The predicted octanol–water partition coefficient (Wildman–Crippen LogP) is 2.49. The highest BCUT2D eigenvalue weighted by molar-refractivity contribution is 7.14. The van der Waals surface area contributed by atoms with Crippen LogP contribution in [0.25, 0.3) is 11.3 Å². The van der Waals surface area contributed by atoms with E-state index in [2.05, 4.69) is 20.3 Å². The Hall–Kier alpha value is -3.92. The number of hydrogen-bond donors (Lipinski definition) is 2. The number of nitrogens with zero attached hydrogens (tertiary/aromatic N) is 3. The molecule has 0 saturated heterocycles. The number of thiazole rings is 1. The summed E-state index contributed by atoms with van der Waals surface area (Å²) < 4.78 is 14.7. The second kappa shape index (κ2) is 8.21. The minimum absolute atomic E-state index is 0.156. The SMILES string of the molecule is O=C(Nc1nc(-c2cccnc2)cs1)c1c[nH]c(=O)n(Cc2ccccc2F)c1=O. The molecule has 4 aromatic rings. The van der Waals surface area contributed by atoms with Crippen molar-refractivity contribution in [1.82, 2.24) is 19.5 Å². The monoisotopic (exact) mass is 423 g/mol. The van der Waals surface area contributed by atoms with E-state index < -0.39 is 23.0 Å². The molecule has 8 nitrogen and oxygen atoms in total. The van der Waals surface area contributed by atoms with Crippen molar-refractivity contribution in [3.05, 3.63) is 98.2 Å². The Labute approximate surface area is 172 Å². The van der Waals surface area contributed by atoms with Crippen molar-refractivity contribution < 1.29 is 9.18 Å². The van der Waals surface area contributed by atoms with Crippen LogP contribution in [0.3, 0.4) is 0 Å². The van der Waals surface area contributed by atoms with Crippen LogP contribution in [0.5, 0.6) is 0 Å². The standard InChI is InChI=1S/C20H14FN5O3S/c21-15-6-2-1-4-13(15)10-26-18(28)14(9-23-20(26)29)17(27)25-19-24-16(11-30-19)12-5-3-7-22-8-12/h1-9,11H,10H2,(H,23,29)(H,24,25,27). The number of benzene rings is 1. The number of hydrogen-bond acceptors (Lipinski definition) is 6. The quantitative estimate of drug-likeness (QED) is 0.513. The minimum Gasteiger partial charge on any atom is -0.313 e. The van der Waals surface area contributed by atoms with Gasteiger partial charge in [0, 0.05) is 35.1 Å². The molecule has 3 aromatic heterocycles. The highest BCUT2D eigenvalue weighted by Crippen LogP contribution is 2.24. The van der Waals surface area contributed by atoms with Gasteiger partial charge in [0.05, 0.1) is 12.2 Å². The van der Waals surface area contributed by atoms with Crippen LogP contribution < -0.4 is 16.6 Å². The lowest BCUT2D eigenvalue weighted by molar-refractivity contribution is 0.102. The molecular formula is C20H14FN5O3S. The first kappa shape index (κ1) is 19.4. The fourth-order valence-corrected chi connectivity index (χ4v) is 3.47. The van der Waals surface area contributed by atoms with Crippen LogP contribution in [0.15, 0.2) is 70.0 Å². The first-order valence-corrected chi connectivity index (χ1v) is 9.64. The van der Waals surface area contributed by atoms with Crippen molar-refractivity contribution in [2.75, 3.05) is 5.32 Å². The molecular weight excluding hydrogens is 409 g/mol. The van der Waals surface area contributed by atoms with Crippen molar-refractivity contribution in [3.8, 4) is 11.3 Å². The largest absolute Gasteiger partial charge is 0.328 e. The van der Waals surface area contributed by atoms with Gasteiger partial charge >= 0.3 is 5.69 Å². The van der Waals surface area contributed by atoms with Crippen LogP contribution in [0, 0.1) is 5.82 Å². The van der Waals surface area contributed by atoms with E-state index in [1.807, 2.05) is 6.07 Å². The molecule has 0 fully saturated rings. The molecule has 30 heavy (non-hydrogen) atoms. The number of nitrogens with one attached hydrogen (secondary N) is 2. The summed E-state index contributed by atoms with van der Waals surface area (Å²) in [5.41, 5.74) is -0.295. The normalized spacial score (nSPS) is 10.7. The summed E-state index contributed by atoms with van der Waals surface area (Å²) in [5.74, 6) is -1.28. The van der Waals surface area contributed by atoms with Crippen LogP contribution in [0.2, 0.25) is 0 Å². The van der Waals surface area contributed by atoms with Crippen molar-refractivity contribution >= 4 is 22.4 Å². The summed E-state index contributed by atoms with van der Waals surface area (Å²) >= 11 is 1.18. The zero-order chi connectivity index (χ0) is 21.1. The van der Waals surface area contributed by atoms with E-state index in [1.165, 1.54) is 29.5 Å². The Morgan fingerprint density at radius 2 is 2.03 bits per heavy atom. The number of aromatic amines is 1. The maximum absolute atomic E-state index is 13.9. The molecule has 3 heterocycles. The van der Waals surface area contributed by atoms with Gasteiger partial charge in [-0.25, -0.2) is 14.2 Å². The van der Waals surface area contributed by atoms with Crippen molar-refractivity contribution in [2.45, 2.75) is 6.54 Å². The second-order valence-electron chi connectivity index (χ2n) is 6.22. The van der Waals surface area contributed by atoms with Gasteiger partial charge in [0.1, 0.15) is 11.4 Å². The van der Waals surface area contributed by atoms with E-state index in [4.69, 9.17) is 0 Å². The van der Waals surface area contributed by atoms with E-state index in [0.717, 1.165) is 16.3 Å². The summed E-state index contributed by atoms with van der Waals surface area (Å²) in [7, 11) is 0. The second-order valence-corrected chi connectivity index (χ2v) is 7.08. The summed E-state index contributed by atoms with van der Waals surface area (Å²) in [4.78, 5) is 48.1. The Bertz CT molecular complexity index is 1330. The van der Waals surface area contributed by atoms with E-state index in [9.17, 15) is 18.8 Å². The van der Waals surface area contributed by atoms with Crippen LogP contribution in [-0.4, -0.2) is 25.4 Å². The summed E-state index contributed by atoms with van der Waals surface area (Å²) in [5, 5.41) is 4.58. The molecule has 10 heteroatoms. The molecule has 0 aliphatic carbocycles. The molecule has 0 spiro atoms. The third kappa shape index (κ3) is 3.94. The van der Waals surface area contributed by atoms with Crippen molar-refractivity contribution in [3.63, 3.8) is 0 Å². The molecule has 0 aliphatic rings. The molecule has 0 atom stereocenters. The molecule has 2 N–H and O–H groups in total. The van der Waals surface area contributed by atoms with Crippen LogP contribution in [0.4, 0.5) is 9.52 Å². The van der Waals surface area contributed by atoms with Gasteiger partial charge in [-0.05, 0) is 18.2 Å². The molecule has 150 valence electrons. The van der Waals surface area contributed by atoms with E-state index in [-0.39, 0.29) is 22.8 Å². The Morgan fingerprint density at radius 1 is 1.20 bits per heavy atom. The number of carbonyl (C=O) groups excluding carboxylic acids is 1. The fraction of sp³-hybridized carbons (Fsp3) is 0.0500. The molecule has 0 radical (unpaired) electrons. The maximum atomic E-state index is 13.9. The maximum Gasteiger partial charge on any atom is 0.328 e. The average Bonchev–Trinajstić information content (AvgIpc) is 3.21.